The van der Waals surface area contributed by atoms with Crippen molar-refractivity contribution in [3.8, 4) is 11.6 Å². The lowest BCUT2D eigenvalue weighted by atomic mass is 10.2. The highest BCUT2D eigenvalue weighted by molar-refractivity contribution is 5.90. The molecule has 0 saturated carbocycles. The summed E-state index contributed by atoms with van der Waals surface area (Å²) in [5.41, 5.74) is 6.01. The fraction of sp³-hybridized carbons (Fsp3) is 0.250. The molecular weight excluding hydrogens is 372 g/mol. The van der Waals surface area contributed by atoms with E-state index in [9.17, 15) is 9.18 Å². The number of amides is 1. The van der Waals surface area contributed by atoms with Crippen molar-refractivity contribution in [3.63, 3.8) is 0 Å². The van der Waals surface area contributed by atoms with Gasteiger partial charge in [0.1, 0.15) is 11.6 Å². The lowest BCUT2D eigenvalue weighted by molar-refractivity contribution is -0.118. The molecule has 1 amide bonds. The van der Waals surface area contributed by atoms with E-state index in [1.807, 2.05) is 0 Å². The first-order chi connectivity index (χ1) is 11.1. The average Bonchev–Trinajstić information content (AvgIpc) is 2.56. The Hall–Kier alpha value is -1.93. The van der Waals surface area contributed by atoms with E-state index >= 15 is 0 Å². The summed E-state index contributed by atoms with van der Waals surface area (Å²) in [5, 5.41) is 2.70. The minimum Gasteiger partial charge on any atom is -0.439 e. The van der Waals surface area contributed by atoms with Crippen molar-refractivity contribution in [1.29, 1.82) is 0 Å². The number of halogens is 3. The number of benzene rings is 1. The zero-order valence-corrected chi connectivity index (χ0v) is 15.1. The number of aromatic nitrogens is 1. The molecule has 0 aliphatic rings. The first kappa shape index (κ1) is 23.1. The minimum absolute atomic E-state index is 0. The summed E-state index contributed by atoms with van der Waals surface area (Å²) in [7, 11) is 1.51. The van der Waals surface area contributed by atoms with Crippen LogP contribution in [-0.2, 0) is 9.53 Å². The Morgan fingerprint density at radius 3 is 2.44 bits per heavy atom. The van der Waals surface area contributed by atoms with Crippen LogP contribution in [0.1, 0.15) is 6.42 Å². The molecule has 0 radical (unpaired) electrons. The number of hydrogen-bond acceptors (Lipinski definition) is 5. The Morgan fingerprint density at radius 2 is 1.92 bits per heavy atom. The van der Waals surface area contributed by atoms with Gasteiger partial charge in [0.2, 0.25) is 11.8 Å². The maximum Gasteiger partial charge on any atom is 0.227 e. The van der Waals surface area contributed by atoms with Crippen LogP contribution in [0.15, 0.2) is 42.6 Å². The molecule has 0 aliphatic carbocycles. The van der Waals surface area contributed by atoms with Crippen LogP contribution >= 0.6 is 24.8 Å². The number of nitrogens with one attached hydrogen (secondary N) is 1. The molecule has 3 N–H and O–H groups in total. The number of ether oxygens (including phenoxy) is 2. The maximum atomic E-state index is 12.8. The number of anilines is 1. The molecule has 9 heteroatoms. The summed E-state index contributed by atoms with van der Waals surface area (Å²) in [6.07, 6.45) is 1.33. The van der Waals surface area contributed by atoms with Crippen LogP contribution in [-0.4, -0.2) is 30.6 Å². The molecule has 0 aliphatic heterocycles. The summed E-state index contributed by atoms with van der Waals surface area (Å²) < 4.78 is 23.3. The van der Waals surface area contributed by atoms with Gasteiger partial charge in [0.25, 0.3) is 0 Å². The number of nitrogens with zero attached hydrogens (tertiary/aromatic N) is 1. The summed E-state index contributed by atoms with van der Waals surface area (Å²) in [6.45, 7) is 0.270. The van der Waals surface area contributed by atoms with Gasteiger partial charge in [0.15, 0.2) is 0 Å². The van der Waals surface area contributed by atoms with Crippen LogP contribution in [0.2, 0.25) is 0 Å². The van der Waals surface area contributed by atoms with Gasteiger partial charge in [0, 0.05) is 19.7 Å². The Kier molecular flexibility index (Phi) is 10.7. The molecule has 1 aromatic carbocycles. The van der Waals surface area contributed by atoms with Gasteiger partial charge in [-0.2, -0.15) is 0 Å². The molecule has 1 unspecified atom stereocenters. The summed E-state index contributed by atoms with van der Waals surface area (Å²) in [4.78, 5) is 15.9. The second-order valence-corrected chi connectivity index (χ2v) is 4.79. The first-order valence-corrected chi connectivity index (χ1v) is 7.03. The van der Waals surface area contributed by atoms with Crippen LogP contribution in [0, 0.1) is 5.82 Å². The fourth-order valence-electron chi connectivity index (χ4n) is 1.82. The summed E-state index contributed by atoms with van der Waals surface area (Å²) in [6, 6.07) is 8.87. The Labute approximate surface area is 157 Å². The van der Waals surface area contributed by atoms with Crippen molar-refractivity contribution < 1.29 is 18.7 Å². The van der Waals surface area contributed by atoms with Crippen LogP contribution in [0.5, 0.6) is 11.6 Å². The van der Waals surface area contributed by atoms with E-state index in [0.717, 1.165) is 0 Å². The smallest absolute Gasteiger partial charge is 0.227 e. The molecule has 1 heterocycles. The molecule has 1 atom stereocenters. The zero-order chi connectivity index (χ0) is 16.7. The standard InChI is InChI=1S/C16H18FN3O3.2ClH/c1-22-14(9-18)8-15(21)20-12-4-7-16(19-10-12)23-13-5-2-11(17)3-6-13;;/h2-7,10,14H,8-9,18H2,1H3,(H,20,21);2*1H. The number of carbonyl (C=O) groups is 1. The van der Waals surface area contributed by atoms with Crippen LogP contribution < -0.4 is 15.8 Å². The van der Waals surface area contributed by atoms with E-state index in [0.29, 0.717) is 17.3 Å². The predicted octanol–water partition coefficient (Wildman–Crippen LogP) is 3.16. The quantitative estimate of drug-likeness (QED) is 0.756. The van der Waals surface area contributed by atoms with Crippen LogP contribution in [0.25, 0.3) is 0 Å². The second kappa shape index (κ2) is 11.6. The van der Waals surface area contributed by atoms with E-state index in [1.165, 1.54) is 37.6 Å². The highest BCUT2D eigenvalue weighted by atomic mass is 35.5. The second-order valence-electron chi connectivity index (χ2n) is 4.79. The van der Waals surface area contributed by atoms with Gasteiger partial charge in [-0.05, 0) is 30.3 Å². The van der Waals surface area contributed by atoms with E-state index < -0.39 is 0 Å². The largest absolute Gasteiger partial charge is 0.439 e. The fourth-order valence-corrected chi connectivity index (χ4v) is 1.82. The van der Waals surface area contributed by atoms with Gasteiger partial charge in [-0.1, -0.05) is 0 Å². The molecule has 0 fully saturated rings. The highest BCUT2D eigenvalue weighted by Gasteiger charge is 2.11. The number of rotatable bonds is 7. The third-order valence-corrected chi connectivity index (χ3v) is 3.07. The minimum atomic E-state index is -0.338. The third kappa shape index (κ3) is 7.66. The molecule has 1 aromatic heterocycles. The molecule has 6 nitrogen and oxygen atoms in total. The van der Waals surface area contributed by atoms with Crippen molar-refractivity contribution >= 4 is 36.4 Å². The van der Waals surface area contributed by atoms with Gasteiger partial charge in [-0.25, -0.2) is 9.37 Å². The summed E-state index contributed by atoms with van der Waals surface area (Å²) in [5.74, 6) is 0.263. The van der Waals surface area contributed by atoms with Crippen molar-refractivity contribution in [3.05, 3.63) is 48.4 Å². The van der Waals surface area contributed by atoms with Gasteiger partial charge in [0.05, 0.1) is 24.4 Å². The van der Waals surface area contributed by atoms with Gasteiger partial charge in [-0.3, -0.25) is 4.79 Å². The highest BCUT2D eigenvalue weighted by Crippen LogP contribution is 2.20. The van der Waals surface area contributed by atoms with E-state index in [4.69, 9.17) is 15.2 Å². The lowest BCUT2D eigenvalue weighted by Crippen LogP contribution is -2.28. The Balaban J connectivity index is 0.00000288. The number of pyridine rings is 1. The molecule has 138 valence electrons. The molecule has 2 aromatic rings. The molecular formula is C16H20Cl2FN3O3. The lowest BCUT2D eigenvalue weighted by Gasteiger charge is -2.12. The van der Waals surface area contributed by atoms with E-state index in [1.54, 1.807) is 12.1 Å². The normalized spacial score (nSPS) is 10.8. The SMILES string of the molecule is COC(CN)CC(=O)Nc1ccc(Oc2ccc(F)cc2)nc1.Cl.Cl. The molecule has 0 bridgehead atoms. The van der Waals surface area contributed by atoms with Gasteiger partial charge < -0.3 is 20.5 Å². The third-order valence-electron chi connectivity index (χ3n) is 3.07. The number of carbonyl (C=O) groups excluding carboxylic acids is 1. The summed E-state index contributed by atoms with van der Waals surface area (Å²) >= 11 is 0. The van der Waals surface area contributed by atoms with Crippen molar-refractivity contribution in [2.24, 2.45) is 5.73 Å². The number of methoxy groups -OCH3 is 1. The van der Waals surface area contributed by atoms with Gasteiger partial charge >= 0.3 is 0 Å². The molecule has 0 spiro atoms. The van der Waals surface area contributed by atoms with Crippen LogP contribution in [0.3, 0.4) is 0 Å². The average molecular weight is 392 g/mol. The van der Waals surface area contributed by atoms with Gasteiger partial charge in [-0.15, -0.1) is 24.8 Å². The molecule has 2 rings (SSSR count). The maximum absolute atomic E-state index is 12.8. The topological polar surface area (TPSA) is 86.5 Å². The zero-order valence-electron chi connectivity index (χ0n) is 13.5. The predicted molar refractivity (Wildman–Crippen MR) is 98.3 cm³/mol. The monoisotopic (exact) mass is 391 g/mol. The number of hydrogen-bond donors (Lipinski definition) is 2. The van der Waals surface area contributed by atoms with Crippen molar-refractivity contribution in [2.45, 2.75) is 12.5 Å². The molecule has 0 saturated heterocycles. The van der Waals surface area contributed by atoms with Crippen LogP contribution in [0.4, 0.5) is 10.1 Å². The van der Waals surface area contributed by atoms with E-state index in [2.05, 4.69) is 10.3 Å². The van der Waals surface area contributed by atoms with E-state index in [-0.39, 0.29) is 55.6 Å². The first-order valence-electron chi connectivity index (χ1n) is 7.03. The Morgan fingerprint density at radius 1 is 1.24 bits per heavy atom. The van der Waals surface area contributed by atoms with Crippen molar-refractivity contribution in [1.82, 2.24) is 4.98 Å². The number of nitrogens with two attached hydrogens (primary N) is 1. The van der Waals surface area contributed by atoms with Crippen molar-refractivity contribution in [2.75, 3.05) is 19.0 Å². The molecule has 25 heavy (non-hydrogen) atoms. The Bertz CT molecular complexity index is 638.